The number of carbonyl (C=O) groups is 1. The van der Waals surface area contributed by atoms with Gasteiger partial charge < -0.3 is 10.1 Å². The van der Waals surface area contributed by atoms with Gasteiger partial charge in [0, 0.05) is 0 Å². The number of benzene rings is 2. The lowest BCUT2D eigenvalue weighted by molar-refractivity contribution is -0.123. The summed E-state index contributed by atoms with van der Waals surface area (Å²) in [5.41, 5.74) is 2.30. The zero-order valence-electron chi connectivity index (χ0n) is 13.7. The van der Waals surface area contributed by atoms with Gasteiger partial charge in [-0.25, -0.2) is 0 Å². The summed E-state index contributed by atoms with van der Waals surface area (Å²) in [6.45, 7) is 6.23. The van der Waals surface area contributed by atoms with Gasteiger partial charge in [0.2, 0.25) is 0 Å². The maximum Gasteiger partial charge on any atom is 0.258 e. The smallest absolute Gasteiger partial charge is 0.258 e. The van der Waals surface area contributed by atoms with Crippen molar-refractivity contribution in [3.8, 4) is 5.75 Å². The van der Waals surface area contributed by atoms with E-state index in [1.165, 1.54) is 5.56 Å². The minimum absolute atomic E-state index is 0.00318. The highest BCUT2D eigenvalue weighted by Crippen LogP contribution is 2.28. The summed E-state index contributed by atoms with van der Waals surface area (Å²) in [7, 11) is 0. The van der Waals surface area contributed by atoms with E-state index in [9.17, 15) is 4.79 Å². The largest absolute Gasteiger partial charge is 0.483 e. The third kappa shape index (κ3) is 5.10. The Morgan fingerprint density at radius 2 is 1.78 bits per heavy atom. The Hall–Kier alpha value is -1.81. The molecule has 0 saturated carbocycles. The van der Waals surface area contributed by atoms with Crippen LogP contribution in [0.1, 0.15) is 43.9 Å². The van der Waals surface area contributed by atoms with Crippen molar-refractivity contribution in [1.29, 1.82) is 0 Å². The Labute approximate surface area is 146 Å². The Bertz CT molecular complexity index is 656. The molecule has 4 heteroatoms. The molecule has 0 aromatic heterocycles. The molecule has 0 aliphatic heterocycles. The minimum atomic E-state index is -0.138. The number of nitrogens with one attached hydrogen (secondary N) is 1. The van der Waals surface area contributed by atoms with Gasteiger partial charge in [-0.05, 0) is 52.0 Å². The predicted molar refractivity (Wildman–Crippen MR) is 96.7 cm³/mol. The van der Waals surface area contributed by atoms with Gasteiger partial charge in [0.1, 0.15) is 5.75 Å². The van der Waals surface area contributed by atoms with Gasteiger partial charge in [-0.15, -0.1) is 0 Å². The summed E-state index contributed by atoms with van der Waals surface area (Å²) in [6.07, 6.45) is 0. The zero-order valence-corrected chi connectivity index (χ0v) is 15.3. The highest BCUT2D eigenvalue weighted by Gasteiger charge is 2.11. The molecule has 0 radical (unpaired) electrons. The van der Waals surface area contributed by atoms with Crippen molar-refractivity contribution in [1.82, 2.24) is 5.32 Å². The fraction of sp³-hybridized carbons (Fsp3) is 0.316. The van der Waals surface area contributed by atoms with E-state index in [0.29, 0.717) is 11.7 Å². The van der Waals surface area contributed by atoms with Crippen LogP contribution in [-0.2, 0) is 4.79 Å². The van der Waals surface area contributed by atoms with Crippen LogP contribution >= 0.6 is 15.9 Å². The fourth-order valence-corrected chi connectivity index (χ4v) is 2.76. The Morgan fingerprint density at radius 1 is 1.09 bits per heavy atom. The third-order valence-electron chi connectivity index (χ3n) is 3.66. The molecule has 122 valence electrons. The molecule has 2 aromatic carbocycles. The summed E-state index contributed by atoms with van der Waals surface area (Å²) in [6, 6.07) is 15.8. The quantitative estimate of drug-likeness (QED) is 0.784. The highest BCUT2D eigenvalue weighted by molar-refractivity contribution is 9.10. The van der Waals surface area contributed by atoms with Crippen LogP contribution in [0.2, 0.25) is 0 Å². The third-order valence-corrected chi connectivity index (χ3v) is 4.28. The molecule has 1 atom stereocenters. The van der Waals surface area contributed by atoms with Crippen LogP contribution in [0, 0.1) is 0 Å². The fourth-order valence-electron chi connectivity index (χ4n) is 2.24. The Morgan fingerprint density at radius 3 is 2.39 bits per heavy atom. The van der Waals surface area contributed by atoms with Crippen molar-refractivity contribution in [2.45, 2.75) is 32.7 Å². The molecule has 0 aliphatic rings. The van der Waals surface area contributed by atoms with E-state index < -0.39 is 0 Å². The van der Waals surface area contributed by atoms with Gasteiger partial charge in [0.05, 0.1) is 10.5 Å². The molecule has 0 spiro atoms. The molecule has 23 heavy (non-hydrogen) atoms. The van der Waals surface area contributed by atoms with E-state index in [0.717, 1.165) is 10.0 Å². The molecule has 0 saturated heterocycles. The second-order valence-corrected chi connectivity index (χ2v) is 6.69. The Kier molecular flexibility index (Phi) is 6.22. The monoisotopic (exact) mass is 375 g/mol. The van der Waals surface area contributed by atoms with E-state index in [1.807, 2.05) is 55.5 Å². The van der Waals surface area contributed by atoms with Crippen molar-refractivity contribution in [3.63, 3.8) is 0 Å². The van der Waals surface area contributed by atoms with E-state index >= 15 is 0 Å². The molecule has 0 fully saturated rings. The first-order valence-electron chi connectivity index (χ1n) is 7.74. The second-order valence-electron chi connectivity index (χ2n) is 5.83. The molecule has 2 aromatic rings. The molecule has 1 amide bonds. The molecule has 2 rings (SSSR count). The number of hydrogen-bond donors (Lipinski definition) is 1. The predicted octanol–water partition coefficient (Wildman–Crippen LogP) is 4.83. The van der Waals surface area contributed by atoms with Gasteiger partial charge in [0.25, 0.3) is 5.91 Å². The van der Waals surface area contributed by atoms with Crippen LogP contribution in [0.3, 0.4) is 0 Å². The second kappa shape index (κ2) is 8.16. The molecule has 0 bridgehead atoms. The van der Waals surface area contributed by atoms with E-state index in [1.54, 1.807) is 0 Å². The first kappa shape index (κ1) is 17.5. The normalized spacial score (nSPS) is 12.0. The average Bonchev–Trinajstić information content (AvgIpc) is 2.54. The SMILES string of the molecule is CC(C)c1ccc(OCC(=O)N[C@@H](C)c2ccccc2)c(Br)c1. The van der Waals surface area contributed by atoms with Crippen LogP contribution in [-0.4, -0.2) is 12.5 Å². The minimum Gasteiger partial charge on any atom is -0.483 e. The van der Waals surface area contributed by atoms with Gasteiger partial charge in [0.15, 0.2) is 6.61 Å². The number of hydrogen-bond acceptors (Lipinski definition) is 2. The van der Waals surface area contributed by atoms with Crippen molar-refractivity contribution < 1.29 is 9.53 Å². The molecule has 0 aliphatic carbocycles. The lowest BCUT2D eigenvalue weighted by atomic mass is 10.0. The van der Waals surface area contributed by atoms with Crippen molar-refractivity contribution >= 4 is 21.8 Å². The van der Waals surface area contributed by atoms with Crippen LogP contribution in [0.4, 0.5) is 0 Å². The van der Waals surface area contributed by atoms with Crippen molar-refractivity contribution in [2.24, 2.45) is 0 Å². The molecule has 0 unspecified atom stereocenters. The van der Waals surface area contributed by atoms with Crippen molar-refractivity contribution in [2.75, 3.05) is 6.61 Å². The summed E-state index contributed by atoms with van der Waals surface area (Å²) in [5, 5.41) is 2.94. The van der Waals surface area contributed by atoms with Crippen LogP contribution in [0.15, 0.2) is 53.0 Å². The number of amides is 1. The van der Waals surface area contributed by atoms with Crippen LogP contribution in [0.5, 0.6) is 5.75 Å². The first-order valence-corrected chi connectivity index (χ1v) is 8.53. The number of carbonyl (C=O) groups excluding carboxylic acids is 1. The number of ether oxygens (including phenoxy) is 1. The van der Waals surface area contributed by atoms with Gasteiger partial charge in [-0.3, -0.25) is 4.79 Å². The van der Waals surface area contributed by atoms with Crippen LogP contribution < -0.4 is 10.1 Å². The standard InChI is InChI=1S/C19H22BrNO2/c1-13(2)16-9-10-18(17(20)11-16)23-12-19(22)21-14(3)15-7-5-4-6-8-15/h4-11,13-14H,12H2,1-3H3,(H,21,22)/t14-/m0/s1. The summed E-state index contributed by atoms with van der Waals surface area (Å²) in [5.74, 6) is 0.994. The van der Waals surface area contributed by atoms with Gasteiger partial charge in [-0.1, -0.05) is 50.2 Å². The maximum atomic E-state index is 12.0. The highest BCUT2D eigenvalue weighted by atomic mass is 79.9. The summed E-state index contributed by atoms with van der Waals surface area (Å²) in [4.78, 5) is 12.0. The molecule has 1 N–H and O–H groups in total. The summed E-state index contributed by atoms with van der Waals surface area (Å²) < 4.78 is 6.48. The molecule has 3 nitrogen and oxygen atoms in total. The first-order chi connectivity index (χ1) is 11.0. The summed E-state index contributed by atoms with van der Waals surface area (Å²) >= 11 is 3.50. The number of rotatable bonds is 6. The van der Waals surface area contributed by atoms with E-state index in [2.05, 4.69) is 35.1 Å². The molecular formula is C19H22BrNO2. The van der Waals surface area contributed by atoms with E-state index in [4.69, 9.17) is 4.74 Å². The molecular weight excluding hydrogens is 354 g/mol. The van der Waals surface area contributed by atoms with Crippen molar-refractivity contribution in [3.05, 3.63) is 64.1 Å². The lowest BCUT2D eigenvalue weighted by Gasteiger charge is -2.15. The van der Waals surface area contributed by atoms with Gasteiger partial charge >= 0.3 is 0 Å². The van der Waals surface area contributed by atoms with E-state index in [-0.39, 0.29) is 18.6 Å². The number of halogens is 1. The Balaban J connectivity index is 1.89. The average molecular weight is 376 g/mol. The van der Waals surface area contributed by atoms with Gasteiger partial charge in [-0.2, -0.15) is 0 Å². The lowest BCUT2D eigenvalue weighted by Crippen LogP contribution is -2.31. The molecule has 0 heterocycles. The van der Waals surface area contributed by atoms with Crippen LogP contribution in [0.25, 0.3) is 0 Å². The maximum absolute atomic E-state index is 12.0. The zero-order chi connectivity index (χ0) is 16.8. The topological polar surface area (TPSA) is 38.3 Å².